The van der Waals surface area contributed by atoms with Crippen LogP contribution in [-0.4, -0.2) is 66.1 Å². The van der Waals surface area contributed by atoms with Crippen LogP contribution in [-0.2, 0) is 9.47 Å². The first kappa shape index (κ1) is 16.6. The zero-order chi connectivity index (χ0) is 17.4. The van der Waals surface area contributed by atoms with E-state index in [1.165, 1.54) is 0 Å². The number of imidazole rings is 1. The lowest BCUT2D eigenvalue weighted by atomic mass is 10.2. The van der Waals surface area contributed by atoms with E-state index in [0.717, 1.165) is 55.9 Å². The number of hydrogen-bond acceptors (Lipinski definition) is 5. The lowest BCUT2D eigenvalue weighted by molar-refractivity contribution is -0.139. The van der Waals surface area contributed by atoms with Crippen LogP contribution in [0.5, 0.6) is 0 Å². The van der Waals surface area contributed by atoms with Gasteiger partial charge in [-0.05, 0) is 32.4 Å². The van der Waals surface area contributed by atoms with Crippen LogP contribution in [0.1, 0.15) is 20.3 Å². The lowest BCUT2D eigenvalue weighted by Gasteiger charge is -2.36. The fourth-order valence-corrected chi connectivity index (χ4v) is 3.75. The molecule has 2 aliphatic rings. The number of rotatable bonds is 4. The van der Waals surface area contributed by atoms with Crippen molar-refractivity contribution < 1.29 is 9.47 Å². The van der Waals surface area contributed by atoms with Crippen molar-refractivity contribution in [3.63, 3.8) is 0 Å². The van der Waals surface area contributed by atoms with Gasteiger partial charge in [0, 0.05) is 32.7 Å². The number of aromatic amines is 2. The third-order valence-electron chi connectivity index (χ3n) is 5.08. The van der Waals surface area contributed by atoms with Crippen molar-refractivity contribution in [1.29, 1.82) is 0 Å². The Balaban J connectivity index is 1.33. The van der Waals surface area contributed by atoms with Crippen LogP contribution < -0.4 is 10.6 Å². The Morgan fingerprint density at radius 2 is 2.00 bits per heavy atom. The van der Waals surface area contributed by atoms with Crippen LogP contribution in [0.3, 0.4) is 0 Å². The van der Waals surface area contributed by atoms with Gasteiger partial charge in [-0.3, -0.25) is 4.90 Å². The molecule has 0 spiro atoms. The molecule has 3 heterocycles. The fraction of sp³-hybridized carbons (Fsp3) is 0.611. The van der Waals surface area contributed by atoms with Gasteiger partial charge in [-0.15, -0.1) is 0 Å². The van der Waals surface area contributed by atoms with Crippen LogP contribution in [0.25, 0.3) is 11.0 Å². The molecule has 1 aromatic heterocycles. The molecule has 136 valence electrons. The van der Waals surface area contributed by atoms with E-state index in [-0.39, 0.29) is 11.8 Å². The second-order valence-electron chi connectivity index (χ2n) is 7.35. The summed E-state index contributed by atoms with van der Waals surface area (Å²) >= 11 is 0. The molecule has 7 heteroatoms. The number of para-hydroxylation sites is 1. The van der Waals surface area contributed by atoms with Gasteiger partial charge >= 0.3 is 5.69 Å². The summed E-state index contributed by atoms with van der Waals surface area (Å²) in [6.45, 7) is 9.61. The summed E-state index contributed by atoms with van der Waals surface area (Å²) in [6.07, 6.45) is 1.20. The maximum absolute atomic E-state index is 11.6. The lowest BCUT2D eigenvalue weighted by Crippen LogP contribution is -2.47. The molecule has 2 aromatic rings. The Morgan fingerprint density at radius 1 is 1.20 bits per heavy atom. The quantitative estimate of drug-likeness (QED) is 0.878. The Hall–Kier alpha value is -1.83. The number of H-pyrrole nitrogens is 2. The number of fused-ring (bicyclic) bond motifs is 1. The molecule has 2 saturated heterocycles. The summed E-state index contributed by atoms with van der Waals surface area (Å²) in [7, 11) is 0. The average Bonchev–Trinajstić information content (AvgIpc) is 3.14. The highest BCUT2D eigenvalue weighted by Gasteiger charge is 2.32. The molecule has 0 amide bonds. The molecule has 1 aromatic carbocycles. The van der Waals surface area contributed by atoms with Gasteiger partial charge in [0.15, 0.2) is 5.79 Å². The van der Waals surface area contributed by atoms with E-state index in [1.807, 2.05) is 26.0 Å². The minimum atomic E-state index is -0.435. The van der Waals surface area contributed by atoms with E-state index < -0.39 is 5.79 Å². The monoisotopic (exact) mass is 346 g/mol. The van der Waals surface area contributed by atoms with Gasteiger partial charge < -0.3 is 24.3 Å². The molecule has 25 heavy (non-hydrogen) atoms. The maximum Gasteiger partial charge on any atom is 0.323 e. The summed E-state index contributed by atoms with van der Waals surface area (Å²) in [5.41, 5.74) is 2.72. The van der Waals surface area contributed by atoms with Crippen LogP contribution in [0, 0.1) is 0 Å². The molecule has 2 N–H and O–H groups in total. The highest BCUT2D eigenvalue weighted by molar-refractivity contribution is 5.88. The summed E-state index contributed by atoms with van der Waals surface area (Å²) in [6, 6.07) is 6.00. The molecule has 0 saturated carbocycles. The first-order chi connectivity index (χ1) is 12.0. The van der Waals surface area contributed by atoms with Crippen molar-refractivity contribution in [3.05, 3.63) is 28.7 Å². The average molecular weight is 346 g/mol. The Morgan fingerprint density at radius 3 is 2.72 bits per heavy atom. The molecule has 2 aliphatic heterocycles. The number of nitrogens with one attached hydrogen (secondary N) is 2. The topological polar surface area (TPSA) is 73.6 Å². The van der Waals surface area contributed by atoms with E-state index in [9.17, 15) is 4.79 Å². The van der Waals surface area contributed by atoms with Gasteiger partial charge in [-0.25, -0.2) is 4.79 Å². The summed E-state index contributed by atoms with van der Waals surface area (Å²) in [5.74, 6) is -0.435. The summed E-state index contributed by atoms with van der Waals surface area (Å²) in [4.78, 5) is 22.1. The molecule has 0 radical (unpaired) electrons. The molecule has 0 bridgehead atoms. The molecule has 1 atom stereocenters. The molecule has 7 nitrogen and oxygen atoms in total. The SMILES string of the molecule is CC1(C)OCC(CCN2CCN(c3cccc4[nH]c(=O)[nH]c34)CC2)O1. The Bertz CT molecular complexity index is 789. The van der Waals surface area contributed by atoms with E-state index in [1.54, 1.807) is 0 Å². The Labute approximate surface area is 146 Å². The van der Waals surface area contributed by atoms with Crippen LogP contribution in [0.4, 0.5) is 5.69 Å². The zero-order valence-electron chi connectivity index (χ0n) is 14.9. The van der Waals surface area contributed by atoms with Crippen molar-refractivity contribution in [3.8, 4) is 0 Å². The predicted molar refractivity (Wildman–Crippen MR) is 97.1 cm³/mol. The van der Waals surface area contributed by atoms with Crippen molar-refractivity contribution in [1.82, 2.24) is 14.9 Å². The largest absolute Gasteiger partial charge is 0.367 e. The minimum Gasteiger partial charge on any atom is -0.367 e. The predicted octanol–water partition coefficient (Wildman–Crippen LogP) is 1.52. The van der Waals surface area contributed by atoms with Gasteiger partial charge in [0.05, 0.1) is 29.4 Å². The smallest absolute Gasteiger partial charge is 0.323 e. The van der Waals surface area contributed by atoms with Crippen LogP contribution >= 0.6 is 0 Å². The molecular weight excluding hydrogens is 320 g/mol. The second kappa shape index (κ2) is 6.48. The van der Waals surface area contributed by atoms with E-state index in [4.69, 9.17) is 9.47 Å². The van der Waals surface area contributed by atoms with Crippen molar-refractivity contribution in [2.45, 2.75) is 32.2 Å². The zero-order valence-corrected chi connectivity index (χ0v) is 14.9. The minimum absolute atomic E-state index is 0.150. The van der Waals surface area contributed by atoms with Crippen molar-refractivity contribution in [2.75, 3.05) is 44.2 Å². The fourth-order valence-electron chi connectivity index (χ4n) is 3.75. The number of aromatic nitrogens is 2. The highest BCUT2D eigenvalue weighted by atomic mass is 16.7. The molecule has 4 rings (SSSR count). The standard InChI is InChI=1S/C18H26N4O3/c1-18(2)24-12-13(25-18)6-7-21-8-10-22(11-9-21)15-5-3-4-14-16(15)20-17(23)19-14/h3-5,13H,6-12H2,1-2H3,(H2,19,20,23). The number of benzene rings is 1. The van der Waals surface area contributed by atoms with Gasteiger partial charge in [-0.2, -0.15) is 0 Å². The molecule has 1 unspecified atom stereocenters. The highest BCUT2D eigenvalue weighted by Crippen LogP contribution is 2.26. The van der Waals surface area contributed by atoms with Crippen LogP contribution in [0.15, 0.2) is 23.0 Å². The van der Waals surface area contributed by atoms with E-state index in [0.29, 0.717) is 6.61 Å². The Kier molecular flexibility index (Phi) is 4.31. The second-order valence-corrected chi connectivity index (χ2v) is 7.35. The van der Waals surface area contributed by atoms with E-state index in [2.05, 4.69) is 25.8 Å². The van der Waals surface area contributed by atoms with Crippen molar-refractivity contribution in [2.24, 2.45) is 0 Å². The normalized spacial score (nSPS) is 24.2. The van der Waals surface area contributed by atoms with Gasteiger partial charge in [0.1, 0.15) is 0 Å². The van der Waals surface area contributed by atoms with Gasteiger partial charge in [0.25, 0.3) is 0 Å². The third kappa shape index (κ3) is 3.58. The van der Waals surface area contributed by atoms with Gasteiger partial charge in [-0.1, -0.05) is 6.07 Å². The summed E-state index contributed by atoms with van der Waals surface area (Å²) in [5, 5.41) is 0. The summed E-state index contributed by atoms with van der Waals surface area (Å²) < 4.78 is 11.5. The number of anilines is 1. The third-order valence-corrected chi connectivity index (χ3v) is 5.08. The number of hydrogen-bond donors (Lipinski definition) is 2. The number of piperazine rings is 1. The first-order valence-electron chi connectivity index (χ1n) is 9.00. The number of ether oxygens (including phenoxy) is 2. The molecule has 2 fully saturated rings. The van der Waals surface area contributed by atoms with Crippen LogP contribution in [0.2, 0.25) is 0 Å². The number of nitrogens with zero attached hydrogens (tertiary/aromatic N) is 2. The maximum atomic E-state index is 11.6. The van der Waals surface area contributed by atoms with Crippen molar-refractivity contribution >= 4 is 16.7 Å². The first-order valence-corrected chi connectivity index (χ1v) is 9.00. The molecule has 0 aliphatic carbocycles. The molecular formula is C18H26N4O3. The van der Waals surface area contributed by atoms with E-state index >= 15 is 0 Å². The van der Waals surface area contributed by atoms with Gasteiger partial charge in [0.2, 0.25) is 0 Å².